The van der Waals surface area contributed by atoms with Crippen LogP contribution in [0.4, 0.5) is 0 Å². The number of nitrogens with zero attached hydrogens (tertiary/aromatic N) is 1. The van der Waals surface area contributed by atoms with Crippen LogP contribution in [0.2, 0.25) is 0 Å². The summed E-state index contributed by atoms with van der Waals surface area (Å²) < 4.78 is 5.43. The average Bonchev–Trinajstić information content (AvgIpc) is 3.03. The van der Waals surface area contributed by atoms with Gasteiger partial charge in [0.25, 0.3) is 0 Å². The Morgan fingerprint density at radius 3 is 2.80 bits per heavy atom. The van der Waals surface area contributed by atoms with Gasteiger partial charge in [-0.3, -0.25) is 10.1 Å². The monoisotopic (exact) mass is 282 g/mol. The number of rotatable bonds is 7. The number of ether oxygens (including phenoxy) is 1. The molecule has 20 heavy (non-hydrogen) atoms. The predicted molar refractivity (Wildman–Crippen MR) is 80.3 cm³/mol. The first-order valence-electron chi connectivity index (χ1n) is 8.27. The lowest BCUT2D eigenvalue weighted by atomic mass is 10.0. The van der Waals surface area contributed by atoms with Crippen LogP contribution >= 0.6 is 0 Å². The van der Waals surface area contributed by atoms with Gasteiger partial charge in [0.1, 0.15) is 0 Å². The van der Waals surface area contributed by atoms with Crippen molar-refractivity contribution in [2.45, 2.75) is 65.1 Å². The fourth-order valence-electron chi connectivity index (χ4n) is 3.25. The van der Waals surface area contributed by atoms with Gasteiger partial charge < -0.3 is 9.64 Å². The Kier molecular flexibility index (Phi) is 5.85. The first kappa shape index (κ1) is 15.8. The van der Waals surface area contributed by atoms with Crippen molar-refractivity contribution in [2.24, 2.45) is 11.8 Å². The van der Waals surface area contributed by atoms with Crippen LogP contribution in [0.1, 0.15) is 52.9 Å². The molecule has 0 aliphatic carbocycles. The lowest BCUT2D eigenvalue weighted by molar-refractivity contribution is -0.130. The molecule has 1 amide bonds. The molecule has 0 aromatic rings. The number of unbranched alkanes of at least 4 members (excludes halogenated alkanes) is 1. The smallest absolute Gasteiger partial charge is 0.241 e. The normalized spacial score (nSPS) is 30.7. The van der Waals surface area contributed by atoms with Crippen LogP contribution in [0, 0.1) is 11.8 Å². The molecule has 0 saturated carbocycles. The highest BCUT2D eigenvalue weighted by molar-refractivity contribution is 5.84. The van der Waals surface area contributed by atoms with E-state index in [1.807, 2.05) is 0 Å². The lowest BCUT2D eigenvalue weighted by Gasteiger charge is -2.28. The van der Waals surface area contributed by atoms with Crippen LogP contribution in [0.3, 0.4) is 0 Å². The third-order valence-electron chi connectivity index (χ3n) is 4.57. The Balaban J connectivity index is 1.90. The van der Waals surface area contributed by atoms with Gasteiger partial charge >= 0.3 is 0 Å². The number of amides is 1. The standard InChI is InChI=1S/C16H30N2O2/c1-4-5-6-14-16(19)18(15(17-14)12(2)3)9-7-13-8-10-20-11-13/h12-15,17H,4-11H2,1-3H3. The third kappa shape index (κ3) is 3.73. The van der Waals surface area contributed by atoms with E-state index in [4.69, 9.17) is 4.74 Å². The average molecular weight is 282 g/mol. The van der Waals surface area contributed by atoms with Crippen molar-refractivity contribution in [3.63, 3.8) is 0 Å². The second-order valence-corrected chi connectivity index (χ2v) is 6.60. The highest BCUT2D eigenvalue weighted by Crippen LogP contribution is 2.23. The molecule has 1 N–H and O–H groups in total. The molecule has 2 aliphatic heterocycles. The molecule has 2 heterocycles. The molecule has 0 aromatic carbocycles. The molecular weight excluding hydrogens is 252 g/mol. The molecule has 0 aromatic heterocycles. The van der Waals surface area contributed by atoms with Crippen LogP contribution in [0.5, 0.6) is 0 Å². The zero-order chi connectivity index (χ0) is 14.5. The molecule has 2 fully saturated rings. The van der Waals surface area contributed by atoms with E-state index in [2.05, 4.69) is 31.0 Å². The van der Waals surface area contributed by atoms with E-state index in [1.54, 1.807) is 0 Å². The number of carbonyl (C=O) groups excluding carboxylic acids is 1. The minimum Gasteiger partial charge on any atom is -0.381 e. The highest BCUT2D eigenvalue weighted by Gasteiger charge is 2.39. The van der Waals surface area contributed by atoms with Gasteiger partial charge in [-0.15, -0.1) is 0 Å². The fourth-order valence-corrected chi connectivity index (χ4v) is 3.25. The van der Waals surface area contributed by atoms with Crippen LogP contribution in [-0.2, 0) is 9.53 Å². The number of nitrogens with one attached hydrogen (secondary N) is 1. The summed E-state index contributed by atoms with van der Waals surface area (Å²) in [5, 5.41) is 3.55. The van der Waals surface area contributed by atoms with E-state index in [0.717, 1.165) is 51.9 Å². The zero-order valence-corrected chi connectivity index (χ0v) is 13.2. The molecule has 0 radical (unpaired) electrons. The summed E-state index contributed by atoms with van der Waals surface area (Å²) in [6.45, 7) is 9.21. The predicted octanol–water partition coefficient (Wildman–Crippen LogP) is 2.39. The summed E-state index contributed by atoms with van der Waals surface area (Å²) in [5.74, 6) is 1.42. The van der Waals surface area contributed by atoms with Gasteiger partial charge in [-0.25, -0.2) is 0 Å². The van der Waals surface area contributed by atoms with Crippen molar-refractivity contribution < 1.29 is 9.53 Å². The fraction of sp³-hybridized carbons (Fsp3) is 0.938. The van der Waals surface area contributed by atoms with Crippen molar-refractivity contribution in [1.82, 2.24) is 10.2 Å². The summed E-state index contributed by atoms with van der Waals surface area (Å²) in [6.07, 6.45) is 5.70. The van der Waals surface area contributed by atoms with Crippen molar-refractivity contribution >= 4 is 5.91 Å². The molecule has 4 heteroatoms. The van der Waals surface area contributed by atoms with Gasteiger partial charge in [0, 0.05) is 19.8 Å². The minimum absolute atomic E-state index is 0.0437. The van der Waals surface area contributed by atoms with E-state index in [9.17, 15) is 4.79 Å². The molecule has 2 rings (SSSR count). The van der Waals surface area contributed by atoms with Gasteiger partial charge in [0.15, 0.2) is 0 Å². The molecule has 4 nitrogen and oxygen atoms in total. The van der Waals surface area contributed by atoms with Gasteiger partial charge in [0.05, 0.1) is 12.2 Å². The van der Waals surface area contributed by atoms with Crippen LogP contribution < -0.4 is 5.32 Å². The summed E-state index contributed by atoms with van der Waals surface area (Å²) in [7, 11) is 0. The molecule has 0 spiro atoms. The Hall–Kier alpha value is -0.610. The number of hydrogen-bond donors (Lipinski definition) is 1. The van der Waals surface area contributed by atoms with E-state index < -0.39 is 0 Å². The SMILES string of the molecule is CCCCC1NC(C(C)C)N(CCC2CCOC2)C1=O. The van der Waals surface area contributed by atoms with Crippen molar-refractivity contribution in [3.8, 4) is 0 Å². The molecule has 2 saturated heterocycles. The molecule has 116 valence electrons. The maximum absolute atomic E-state index is 12.6. The number of hydrogen-bond acceptors (Lipinski definition) is 3. The molecule has 3 unspecified atom stereocenters. The van der Waals surface area contributed by atoms with Gasteiger partial charge in [-0.05, 0) is 31.1 Å². The van der Waals surface area contributed by atoms with Crippen LogP contribution in [0.15, 0.2) is 0 Å². The Morgan fingerprint density at radius 1 is 1.40 bits per heavy atom. The largest absolute Gasteiger partial charge is 0.381 e. The first-order chi connectivity index (χ1) is 9.63. The van der Waals surface area contributed by atoms with E-state index in [0.29, 0.717) is 17.7 Å². The van der Waals surface area contributed by atoms with Crippen molar-refractivity contribution in [1.29, 1.82) is 0 Å². The Morgan fingerprint density at radius 2 is 2.20 bits per heavy atom. The lowest BCUT2D eigenvalue weighted by Crippen LogP contribution is -2.42. The third-order valence-corrected chi connectivity index (χ3v) is 4.57. The molecule has 2 aliphatic rings. The number of carbonyl (C=O) groups is 1. The second kappa shape index (κ2) is 7.41. The quantitative estimate of drug-likeness (QED) is 0.779. The van der Waals surface area contributed by atoms with Crippen LogP contribution in [0.25, 0.3) is 0 Å². The van der Waals surface area contributed by atoms with Crippen molar-refractivity contribution in [3.05, 3.63) is 0 Å². The van der Waals surface area contributed by atoms with Gasteiger partial charge in [-0.1, -0.05) is 33.6 Å². The maximum atomic E-state index is 12.6. The summed E-state index contributed by atoms with van der Waals surface area (Å²) in [4.78, 5) is 14.6. The van der Waals surface area contributed by atoms with Crippen LogP contribution in [-0.4, -0.2) is 42.8 Å². The van der Waals surface area contributed by atoms with E-state index in [1.165, 1.54) is 0 Å². The van der Waals surface area contributed by atoms with Gasteiger partial charge in [-0.2, -0.15) is 0 Å². The van der Waals surface area contributed by atoms with Crippen molar-refractivity contribution in [2.75, 3.05) is 19.8 Å². The summed E-state index contributed by atoms with van der Waals surface area (Å²) in [6, 6.07) is 0.0437. The maximum Gasteiger partial charge on any atom is 0.241 e. The molecule has 3 atom stereocenters. The Labute approximate surface area is 123 Å². The Bertz CT molecular complexity index is 314. The molecule has 0 bridgehead atoms. The van der Waals surface area contributed by atoms with E-state index in [-0.39, 0.29) is 12.2 Å². The first-order valence-corrected chi connectivity index (χ1v) is 8.27. The highest BCUT2D eigenvalue weighted by atomic mass is 16.5. The second-order valence-electron chi connectivity index (χ2n) is 6.60. The molecular formula is C16H30N2O2. The summed E-state index contributed by atoms with van der Waals surface area (Å²) >= 11 is 0. The summed E-state index contributed by atoms with van der Waals surface area (Å²) in [5.41, 5.74) is 0. The van der Waals surface area contributed by atoms with E-state index >= 15 is 0 Å². The topological polar surface area (TPSA) is 41.6 Å². The minimum atomic E-state index is 0.0437. The van der Waals surface area contributed by atoms with Gasteiger partial charge in [0.2, 0.25) is 5.91 Å². The zero-order valence-electron chi connectivity index (χ0n) is 13.2.